The average Bonchev–Trinajstić information content (AvgIpc) is 2.37. The van der Waals surface area contributed by atoms with Crippen LogP contribution in [0.1, 0.15) is 46.5 Å². The van der Waals surface area contributed by atoms with Gasteiger partial charge in [-0.3, -0.25) is 9.69 Å². The zero-order chi connectivity index (χ0) is 10.3. The van der Waals surface area contributed by atoms with Crippen LogP contribution in [0, 0.1) is 5.92 Å². The van der Waals surface area contributed by atoms with Crippen molar-refractivity contribution >= 4 is 5.78 Å². The van der Waals surface area contributed by atoms with E-state index in [1.807, 2.05) is 0 Å². The third kappa shape index (κ3) is 1.60. The lowest BCUT2D eigenvalue weighted by atomic mass is 9.95. The molecule has 2 heterocycles. The molecular weight excluding hydrogens is 174 g/mol. The highest BCUT2D eigenvalue weighted by Gasteiger charge is 2.42. The fourth-order valence-electron chi connectivity index (χ4n) is 3.01. The van der Waals surface area contributed by atoms with E-state index in [0.29, 0.717) is 29.8 Å². The van der Waals surface area contributed by atoms with Crippen molar-refractivity contribution in [1.29, 1.82) is 0 Å². The van der Waals surface area contributed by atoms with Gasteiger partial charge in [-0.25, -0.2) is 0 Å². The first-order valence-corrected chi connectivity index (χ1v) is 5.88. The summed E-state index contributed by atoms with van der Waals surface area (Å²) in [7, 11) is 0. The number of ketones is 1. The lowest BCUT2D eigenvalue weighted by molar-refractivity contribution is -0.124. The Kier molecular flexibility index (Phi) is 2.65. The van der Waals surface area contributed by atoms with Gasteiger partial charge < -0.3 is 0 Å². The van der Waals surface area contributed by atoms with Crippen molar-refractivity contribution < 1.29 is 4.79 Å². The number of rotatable bonds is 2. The Morgan fingerprint density at radius 1 is 1.14 bits per heavy atom. The van der Waals surface area contributed by atoms with Gasteiger partial charge in [0.2, 0.25) is 0 Å². The molecule has 14 heavy (non-hydrogen) atoms. The zero-order valence-corrected chi connectivity index (χ0v) is 9.49. The highest BCUT2D eigenvalue weighted by Crippen LogP contribution is 2.36. The van der Waals surface area contributed by atoms with Gasteiger partial charge in [0, 0.05) is 31.0 Å². The van der Waals surface area contributed by atoms with Gasteiger partial charge in [-0.05, 0) is 25.7 Å². The van der Waals surface area contributed by atoms with E-state index in [1.54, 1.807) is 0 Å². The summed E-state index contributed by atoms with van der Waals surface area (Å²) in [5.74, 6) is 1.19. The molecule has 0 N–H and O–H groups in total. The molecular formula is C12H21NO. The summed E-state index contributed by atoms with van der Waals surface area (Å²) >= 11 is 0. The summed E-state index contributed by atoms with van der Waals surface area (Å²) in [6, 6.07) is 1.78. The number of Topliss-reactive ketones (excluding diaryl/α,β-unsaturated/α-hetero) is 1. The first-order valence-electron chi connectivity index (χ1n) is 5.88. The molecule has 0 aliphatic carbocycles. The maximum absolute atomic E-state index is 11.4. The van der Waals surface area contributed by atoms with E-state index in [9.17, 15) is 4.79 Å². The second-order valence-electron chi connectivity index (χ2n) is 5.26. The largest absolute Gasteiger partial charge is 0.300 e. The minimum absolute atomic E-state index is 0.490. The van der Waals surface area contributed by atoms with Crippen LogP contribution in [0.4, 0.5) is 0 Å². The molecule has 2 bridgehead atoms. The van der Waals surface area contributed by atoms with Gasteiger partial charge in [0.15, 0.2) is 0 Å². The molecule has 0 saturated carbocycles. The van der Waals surface area contributed by atoms with Crippen LogP contribution in [-0.4, -0.2) is 28.8 Å². The van der Waals surface area contributed by atoms with E-state index in [-0.39, 0.29) is 0 Å². The Bertz CT molecular complexity index is 220. The first-order chi connectivity index (χ1) is 6.59. The Morgan fingerprint density at radius 2 is 1.64 bits per heavy atom. The molecule has 2 nitrogen and oxygen atoms in total. The molecule has 2 aliphatic rings. The number of fused-ring (bicyclic) bond motifs is 2. The molecule has 2 aliphatic heterocycles. The predicted octanol–water partition coefficient (Wildman–Crippen LogP) is 2.23. The third-order valence-electron chi connectivity index (χ3n) is 4.04. The van der Waals surface area contributed by atoms with Gasteiger partial charge in [-0.1, -0.05) is 13.8 Å². The quantitative estimate of drug-likeness (QED) is 0.673. The van der Waals surface area contributed by atoms with Crippen molar-refractivity contribution in [2.75, 3.05) is 0 Å². The monoisotopic (exact) mass is 195 g/mol. The summed E-state index contributed by atoms with van der Waals surface area (Å²) < 4.78 is 0. The van der Waals surface area contributed by atoms with Crippen molar-refractivity contribution in [1.82, 2.24) is 4.90 Å². The lowest BCUT2D eigenvalue weighted by Crippen LogP contribution is -2.49. The van der Waals surface area contributed by atoms with Crippen LogP contribution in [0.3, 0.4) is 0 Å². The van der Waals surface area contributed by atoms with Gasteiger partial charge in [0.25, 0.3) is 0 Å². The van der Waals surface area contributed by atoms with Crippen LogP contribution in [0.2, 0.25) is 0 Å². The van der Waals surface area contributed by atoms with E-state index < -0.39 is 0 Å². The normalized spacial score (nSPS) is 35.3. The highest BCUT2D eigenvalue weighted by molar-refractivity contribution is 5.81. The Labute approximate surface area is 86.7 Å². The summed E-state index contributed by atoms with van der Waals surface area (Å²) in [5.41, 5.74) is 0. The zero-order valence-electron chi connectivity index (χ0n) is 9.49. The maximum atomic E-state index is 11.4. The number of carbonyl (C=O) groups is 1. The standard InChI is InChI=1S/C12H21NO/c1-8(2)9(3)13-10-4-5-11(13)7-12(14)6-10/h8-11H,4-7H2,1-3H3. The lowest BCUT2D eigenvalue weighted by Gasteiger charge is -2.40. The molecule has 0 aromatic heterocycles. The topological polar surface area (TPSA) is 20.3 Å². The van der Waals surface area contributed by atoms with E-state index >= 15 is 0 Å². The van der Waals surface area contributed by atoms with Gasteiger partial charge in [0.05, 0.1) is 0 Å². The molecule has 3 atom stereocenters. The Morgan fingerprint density at radius 3 is 2.07 bits per heavy atom. The van der Waals surface area contributed by atoms with Crippen molar-refractivity contribution in [2.24, 2.45) is 5.92 Å². The molecule has 2 rings (SSSR count). The number of piperidine rings is 1. The summed E-state index contributed by atoms with van der Waals surface area (Å²) in [5, 5.41) is 0. The summed E-state index contributed by atoms with van der Waals surface area (Å²) in [6.07, 6.45) is 4.11. The molecule has 0 spiro atoms. The smallest absolute Gasteiger partial charge is 0.136 e. The number of carbonyl (C=O) groups excluding carboxylic acids is 1. The molecule has 0 amide bonds. The van der Waals surface area contributed by atoms with Crippen LogP contribution in [0.25, 0.3) is 0 Å². The molecule has 0 radical (unpaired) electrons. The molecule has 0 aromatic carbocycles. The van der Waals surface area contributed by atoms with E-state index in [2.05, 4.69) is 25.7 Å². The van der Waals surface area contributed by atoms with Crippen LogP contribution < -0.4 is 0 Å². The first kappa shape index (κ1) is 10.2. The van der Waals surface area contributed by atoms with Crippen LogP contribution in [0.15, 0.2) is 0 Å². The van der Waals surface area contributed by atoms with Gasteiger partial charge in [0.1, 0.15) is 5.78 Å². The van der Waals surface area contributed by atoms with E-state index in [0.717, 1.165) is 12.8 Å². The van der Waals surface area contributed by atoms with Crippen LogP contribution >= 0.6 is 0 Å². The highest BCUT2D eigenvalue weighted by atomic mass is 16.1. The SMILES string of the molecule is CC(C)C(C)N1C2CCC1CC(=O)C2. The van der Waals surface area contributed by atoms with Crippen LogP contribution in [0.5, 0.6) is 0 Å². The van der Waals surface area contributed by atoms with Gasteiger partial charge in [-0.2, -0.15) is 0 Å². The molecule has 0 aromatic rings. The number of nitrogens with zero attached hydrogens (tertiary/aromatic N) is 1. The molecule has 2 heteroatoms. The molecule has 2 fully saturated rings. The number of hydrogen-bond acceptors (Lipinski definition) is 2. The minimum atomic E-state index is 0.490. The molecule has 80 valence electrons. The van der Waals surface area contributed by atoms with Crippen molar-refractivity contribution in [3.63, 3.8) is 0 Å². The van der Waals surface area contributed by atoms with Crippen molar-refractivity contribution in [3.8, 4) is 0 Å². The fraction of sp³-hybridized carbons (Fsp3) is 0.917. The third-order valence-corrected chi connectivity index (χ3v) is 4.04. The van der Waals surface area contributed by atoms with Crippen molar-refractivity contribution in [3.05, 3.63) is 0 Å². The van der Waals surface area contributed by atoms with Gasteiger partial charge in [-0.15, -0.1) is 0 Å². The minimum Gasteiger partial charge on any atom is -0.300 e. The predicted molar refractivity (Wildman–Crippen MR) is 57.2 cm³/mol. The van der Waals surface area contributed by atoms with Crippen molar-refractivity contribution in [2.45, 2.75) is 64.6 Å². The maximum Gasteiger partial charge on any atom is 0.136 e. The molecule has 3 unspecified atom stereocenters. The molecule has 2 saturated heterocycles. The van der Waals surface area contributed by atoms with E-state index in [1.165, 1.54) is 12.8 Å². The average molecular weight is 195 g/mol. The second kappa shape index (κ2) is 3.65. The fourth-order valence-corrected chi connectivity index (χ4v) is 3.01. The Balaban J connectivity index is 2.10. The van der Waals surface area contributed by atoms with Crippen LogP contribution in [-0.2, 0) is 4.79 Å². The Hall–Kier alpha value is -0.370. The second-order valence-corrected chi connectivity index (χ2v) is 5.26. The van der Waals surface area contributed by atoms with E-state index in [4.69, 9.17) is 0 Å². The summed E-state index contributed by atoms with van der Waals surface area (Å²) in [6.45, 7) is 6.87. The summed E-state index contributed by atoms with van der Waals surface area (Å²) in [4.78, 5) is 14.1. The number of hydrogen-bond donors (Lipinski definition) is 0. The van der Waals surface area contributed by atoms with Gasteiger partial charge >= 0.3 is 0 Å².